The van der Waals surface area contributed by atoms with Gasteiger partial charge in [-0.25, -0.2) is 0 Å². The van der Waals surface area contributed by atoms with E-state index >= 15 is 0 Å². The number of methoxy groups -OCH3 is 1. The first-order valence-electron chi connectivity index (χ1n) is 7.26. The molecule has 1 aromatic heterocycles. The van der Waals surface area contributed by atoms with Crippen molar-refractivity contribution in [3.63, 3.8) is 0 Å². The number of rotatable bonds is 8. The van der Waals surface area contributed by atoms with Crippen LogP contribution < -0.4 is 10.6 Å². The molecule has 21 heavy (non-hydrogen) atoms. The average molecular weight is 290 g/mol. The molecule has 2 aromatic rings. The molecule has 0 atom stereocenters. The van der Waals surface area contributed by atoms with Gasteiger partial charge in [-0.3, -0.25) is 4.79 Å². The quantitative estimate of drug-likeness (QED) is 0.732. The molecule has 0 bridgehead atoms. The summed E-state index contributed by atoms with van der Waals surface area (Å²) in [6.07, 6.45) is 1.08. The van der Waals surface area contributed by atoms with E-state index in [1.807, 2.05) is 24.3 Å². The molecule has 0 spiro atoms. The Hall–Kier alpha value is -1.85. The zero-order chi connectivity index (χ0) is 15.1. The Balaban J connectivity index is 2.09. The van der Waals surface area contributed by atoms with Crippen molar-refractivity contribution in [2.75, 3.05) is 26.7 Å². The molecule has 5 heteroatoms. The molecule has 1 heterocycles. The smallest absolute Gasteiger partial charge is 0.287 e. The van der Waals surface area contributed by atoms with Gasteiger partial charge in [0.25, 0.3) is 5.91 Å². The van der Waals surface area contributed by atoms with Gasteiger partial charge in [0.15, 0.2) is 5.76 Å². The molecule has 0 fully saturated rings. The minimum atomic E-state index is -0.198. The summed E-state index contributed by atoms with van der Waals surface area (Å²) in [5.41, 5.74) is 1.51. The molecular formula is C16H22N2O3. The van der Waals surface area contributed by atoms with Crippen LogP contribution in [-0.2, 0) is 11.3 Å². The van der Waals surface area contributed by atoms with Crippen molar-refractivity contribution in [2.45, 2.75) is 20.0 Å². The number of para-hydroxylation sites is 1. The normalized spacial score (nSPS) is 11.0. The Labute approximate surface area is 124 Å². The highest BCUT2D eigenvalue weighted by atomic mass is 16.5. The molecule has 0 aliphatic heterocycles. The number of hydrogen-bond donors (Lipinski definition) is 2. The van der Waals surface area contributed by atoms with E-state index < -0.39 is 0 Å². The van der Waals surface area contributed by atoms with Crippen molar-refractivity contribution >= 4 is 16.9 Å². The van der Waals surface area contributed by atoms with Gasteiger partial charge >= 0.3 is 0 Å². The van der Waals surface area contributed by atoms with Gasteiger partial charge in [-0.15, -0.1) is 0 Å². The molecule has 0 unspecified atom stereocenters. The molecule has 1 amide bonds. The van der Waals surface area contributed by atoms with Crippen molar-refractivity contribution in [3.8, 4) is 0 Å². The number of amides is 1. The van der Waals surface area contributed by atoms with E-state index in [0.717, 1.165) is 30.5 Å². The summed E-state index contributed by atoms with van der Waals surface area (Å²) in [6, 6.07) is 7.60. The maximum atomic E-state index is 12.3. The molecule has 1 aromatic carbocycles. The Kier molecular flexibility index (Phi) is 5.78. The van der Waals surface area contributed by atoms with Crippen LogP contribution >= 0.6 is 0 Å². The lowest BCUT2D eigenvalue weighted by atomic mass is 10.1. The second kappa shape index (κ2) is 7.81. The fourth-order valence-electron chi connectivity index (χ4n) is 2.22. The zero-order valence-corrected chi connectivity index (χ0v) is 12.6. The highest BCUT2D eigenvalue weighted by Crippen LogP contribution is 2.26. The van der Waals surface area contributed by atoms with E-state index in [4.69, 9.17) is 9.15 Å². The van der Waals surface area contributed by atoms with Crippen LogP contribution in [0.1, 0.15) is 29.5 Å². The average Bonchev–Trinajstić information content (AvgIpc) is 2.86. The largest absolute Gasteiger partial charge is 0.451 e. The third-order valence-corrected chi connectivity index (χ3v) is 3.21. The summed E-state index contributed by atoms with van der Waals surface area (Å²) in [5.74, 6) is 0.144. The van der Waals surface area contributed by atoms with E-state index in [0.29, 0.717) is 24.5 Å². The highest BCUT2D eigenvalue weighted by Gasteiger charge is 2.19. The van der Waals surface area contributed by atoms with E-state index in [1.165, 1.54) is 0 Å². The van der Waals surface area contributed by atoms with Gasteiger partial charge in [-0.2, -0.15) is 0 Å². The third-order valence-electron chi connectivity index (χ3n) is 3.21. The van der Waals surface area contributed by atoms with Crippen LogP contribution in [0, 0.1) is 0 Å². The van der Waals surface area contributed by atoms with Gasteiger partial charge in [-0.1, -0.05) is 25.1 Å². The summed E-state index contributed by atoms with van der Waals surface area (Å²) in [4.78, 5) is 12.3. The lowest BCUT2D eigenvalue weighted by Crippen LogP contribution is -2.32. The second-order valence-electron chi connectivity index (χ2n) is 4.84. The van der Waals surface area contributed by atoms with E-state index in [2.05, 4.69) is 17.6 Å². The van der Waals surface area contributed by atoms with Crippen molar-refractivity contribution in [2.24, 2.45) is 0 Å². The lowest BCUT2D eigenvalue weighted by molar-refractivity contribution is 0.0922. The van der Waals surface area contributed by atoms with Gasteiger partial charge in [0.05, 0.1) is 6.61 Å². The van der Waals surface area contributed by atoms with Crippen molar-refractivity contribution < 1.29 is 13.9 Å². The Morgan fingerprint density at radius 3 is 2.81 bits per heavy atom. The molecule has 114 valence electrons. The topological polar surface area (TPSA) is 63.5 Å². The van der Waals surface area contributed by atoms with Crippen LogP contribution in [0.3, 0.4) is 0 Å². The number of carbonyl (C=O) groups is 1. The molecule has 2 N–H and O–H groups in total. The number of fused-ring (bicyclic) bond motifs is 1. The van der Waals surface area contributed by atoms with Crippen LogP contribution in [-0.4, -0.2) is 32.7 Å². The van der Waals surface area contributed by atoms with Crippen molar-refractivity contribution in [3.05, 3.63) is 35.6 Å². The maximum absolute atomic E-state index is 12.3. The fourth-order valence-corrected chi connectivity index (χ4v) is 2.22. The molecule has 0 saturated carbocycles. The lowest BCUT2D eigenvalue weighted by Gasteiger charge is -2.06. The van der Waals surface area contributed by atoms with Crippen molar-refractivity contribution in [1.82, 2.24) is 10.6 Å². The predicted octanol–water partition coefficient (Wildman–Crippen LogP) is 2.31. The minimum absolute atomic E-state index is 0.198. The SMILES string of the molecule is CCCNCCNC(=O)c1oc2ccccc2c1COC. The van der Waals surface area contributed by atoms with E-state index in [1.54, 1.807) is 7.11 Å². The molecular weight excluding hydrogens is 268 g/mol. The summed E-state index contributed by atoms with van der Waals surface area (Å²) in [6.45, 7) is 4.74. The molecule has 0 aliphatic rings. The first-order valence-corrected chi connectivity index (χ1v) is 7.26. The summed E-state index contributed by atoms with van der Waals surface area (Å²) >= 11 is 0. The fraction of sp³-hybridized carbons (Fsp3) is 0.438. The van der Waals surface area contributed by atoms with Gasteiger partial charge in [0.1, 0.15) is 5.58 Å². The Bertz CT molecular complexity index is 592. The molecule has 5 nitrogen and oxygen atoms in total. The highest BCUT2D eigenvalue weighted by molar-refractivity contribution is 5.99. The Morgan fingerprint density at radius 1 is 1.24 bits per heavy atom. The van der Waals surface area contributed by atoms with Crippen molar-refractivity contribution in [1.29, 1.82) is 0 Å². The zero-order valence-electron chi connectivity index (χ0n) is 12.6. The first-order chi connectivity index (χ1) is 10.3. The van der Waals surface area contributed by atoms with Gasteiger partial charge in [0, 0.05) is 31.1 Å². The van der Waals surface area contributed by atoms with E-state index in [9.17, 15) is 4.79 Å². The van der Waals surface area contributed by atoms with E-state index in [-0.39, 0.29) is 5.91 Å². The van der Waals surface area contributed by atoms with Crippen LogP contribution in [0.15, 0.2) is 28.7 Å². The molecule has 0 radical (unpaired) electrons. The van der Waals surface area contributed by atoms with Gasteiger partial charge in [0.2, 0.25) is 0 Å². The Morgan fingerprint density at radius 2 is 2.05 bits per heavy atom. The van der Waals surface area contributed by atoms with Gasteiger partial charge < -0.3 is 19.8 Å². The summed E-state index contributed by atoms with van der Waals surface area (Å²) in [7, 11) is 1.61. The number of nitrogens with one attached hydrogen (secondary N) is 2. The summed E-state index contributed by atoms with van der Waals surface area (Å²) < 4.78 is 10.9. The number of carbonyl (C=O) groups excluding carboxylic acids is 1. The third kappa shape index (κ3) is 3.83. The first kappa shape index (κ1) is 15.5. The number of furan rings is 1. The van der Waals surface area contributed by atoms with Crippen LogP contribution in [0.2, 0.25) is 0 Å². The summed E-state index contributed by atoms with van der Waals surface area (Å²) in [5, 5.41) is 7.03. The number of benzene rings is 1. The predicted molar refractivity (Wildman–Crippen MR) is 82.4 cm³/mol. The minimum Gasteiger partial charge on any atom is -0.451 e. The monoisotopic (exact) mass is 290 g/mol. The second-order valence-corrected chi connectivity index (χ2v) is 4.84. The number of ether oxygens (including phenoxy) is 1. The molecule has 0 aliphatic carbocycles. The molecule has 2 rings (SSSR count). The number of hydrogen-bond acceptors (Lipinski definition) is 4. The molecule has 0 saturated heterocycles. The van der Waals surface area contributed by atoms with Crippen LogP contribution in [0.4, 0.5) is 0 Å². The van der Waals surface area contributed by atoms with Crippen LogP contribution in [0.25, 0.3) is 11.0 Å². The van der Waals surface area contributed by atoms with Gasteiger partial charge in [-0.05, 0) is 19.0 Å². The standard InChI is InChI=1S/C16H22N2O3/c1-3-8-17-9-10-18-16(19)15-13(11-20-2)12-6-4-5-7-14(12)21-15/h4-7,17H,3,8-11H2,1-2H3,(H,18,19). The van der Waals surface area contributed by atoms with Crippen LogP contribution in [0.5, 0.6) is 0 Å². The maximum Gasteiger partial charge on any atom is 0.287 e.